The fourth-order valence-corrected chi connectivity index (χ4v) is 2.72. The Labute approximate surface area is 143 Å². The first-order chi connectivity index (χ1) is 11.6. The molecule has 0 saturated carbocycles. The Hall–Kier alpha value is -2.61. The lowest BCUT2D eigenvalue weighted by Gasteiger charge is -1.98. The van der Waals surface area contributed by atoms with Crippen molar-refractivity contribution in [1.82, 2.24) is 20.3 Å². The highest BCUT2D eigenvalue weighted by atomic mass is 32.1. The lowest BCUT2D eigenvalue weighted by atomic mass is 10.1. The molecule has 0 aliphatic heterocycles. The van der Waals surface area contributed by atoms with Crippen molar-refractivity contribution in [2.75, 3.05) is 5.32 Å². The molecule has 2 heterocycles. The number of hydrogen-bond donors (Lipinski definition) is 1. The number of nitrogens with zero attached hydrogens (tertiary/aromatic N) is 4. The minimum atomic E-state index is -0.154. The highest BCUT2D eigenvalue weighted by Gasteiger charge is 2.12. The zero-order valence-corrected chi connectivity index (χ0v) is 14.3. The average molecular weight is 343 g/mol. The summed E-state index contributed by atoms with van der Waals surface area (Å²) in [6.07, 6.45) is 1.61. The highest BCUT2D eigenvalue weighted by Crippen LogP contribution is 2.18. The number of aryl methyl sites for hydroxylation is 3. The molecule has 0 saturated heterocycles. The van der Waals surface area contributed by atoms with Crippen LogP contribution in [-0.4, -0.2) is 26.2 Å². The van der Waals surface area contributed by atoms with Gasteiger partial charge in [-0.1, -0.05) is 47.7 Å². The third-order valence-electron chi connectivity index (χ3n) is 3.43. The number of rotatable bonds is 6. The van der Waals surface area contributed by atoms with Crippen molar-refractivity contribution in [3.63, 3.8) is 0 Å². The van der Waals surface area contributed by atoms with Crippen molar-refractivity contribution >= 4 is 22.4 Å². The molecule has 124 valence electrons. The lowest BCUT2D eigenvalue weighted by molar-refractivity contribution is -0.116. The number of hydrogen-bond acceptors (Lipinski definition) is 7. The van der Waals surface area contributed by atoms with Gasteiger partial charge in [0, 0.05) is 18.4 Å². The summed E-state index contributed by atoms with van der Waals surface area (Å²) in [6, 6.07) is 8.03. The maximum absolute atomic E-state index is 11.9. The monoisotopic (exact) mass is 343 g/mol. The van der Waals surface area contributed by atoms with Gasteiger partial charge in [-0.15, -0.1) is 10.2 Å². The first-order valence-electron chi connectivity index (χ1n) is 7.66. The van der Waals surface area contributed by atoms with E-state index in [0.717, 1.165) is 17.0 Å². The molecule has 1 N–H and O–H groups in total. The molecule has 3 rings (SSSR count). The Morgan fingerprint density at radius 1 is 1.25 bits per heavy atom. The van der Waals surface area contributed by atoms with Gasteiger partial charge in [-0.25, -0.2) is 0 Å². The number of nitrogens with one attached hydrogen (secondary N) is 1. The first-order valence-corrected chi connectivity index (χ1v) is 8.47. The van der Waals surface area contributed by atoms with E-state index in [9.17, 15) is 4.79 Å². The van der Waals surface area contributed by atoms with Crippen LogP contribution in [0.25, 0.3) is 11.4 Å². The lowest BCUT2D eigenvalue weighted by Crippen LogP contribution is -2.12. The molecule has 24 heavy (non-hydrogen) atoms. The molecule has 0 unspecified atom stereocenters. The number of benzene rings is 1. The van der Waals surface area contributed by atoms with Gasteiger partial charge in [0.15, 0.2) is 0 Å². The van der Waals surface area contributed by atoms with Gasteiger partial charge in [0.1, 0.15) is 5.01 Å². The maximum Gasteiger partial charge on any atom is 0.227 e. The molecule has 0 spiro atoms. The molecule has 0 fully saturated rings. The maximum atomic E-state index is 11.9. The summed E-state index contributed by atoms with van der Waals surface area (Å²) in [4.78, 5) is 16.2. The Kier molecular flexibility index (Phi) is 4.95. The highest BCUT2D eigenvalue weighted by molar-refractivity contribution is 7.15. The van der Waals surface area contributed by atoms with Crippen LogP contribution in [0.15, 0.2) is 28.8 Å². The van der Waals surface area contributed by atoms with Crippen molar-refractivity contribution in [2.45, 2.75) is 33.1 Å². The van der Waals surface area contributed by atoms with Crippen LogP contribution in [-0.2, 0) is 17.6 Å². The van der Waals surface area contributed by atoms with E-state index in [1.54, 1.807) is 0 Å². The van der Waals surface area contributed by atoms with Crippen LogP contribution in [0.1, 0.15) is 29.8 Å². The number of anilines is 1. The van der Waals surface area contributed by atoms with Gasteiger partial charge in [0.05, 0.1) is 0 Å². The van der Waals surface area contributed by atoms with E-state index >= 15 is 0 Å². The van der Waals surface area contributed by atoms with Crippen molar-refractivity contribution in [3.8, 4) is 11.4 Å². The largest absolute Gasteiger partial charge is 0.339 e. The number of amides is 1. The molecule has 1 aromatic carbocycles. The van der Waals surface area contributed by atoms with Gasteiger partial charge in [0.25, 0.3) is 0 Å². The zero-order valence-electron chi connectivity index (χ0n) is 13.4. The van der Waals surface area contributed by atoms with E-state index in [0.29, 0.717) is 23.3 Å². The molecule has 0 atom stereocenters. The smallest absolute Gasteiger partial charge is 0.227 e. The summed E-state index contributed by atoms with van der Waals surface area (Å²) in [5.74, 6) is 0.819. The summed E-state index contributed by atoms with van der Waals surface area (Å²) in [5.41, 5.74) is 2.15. The van der Waals surface area contributed by atoms with E-state index in [1.807, 2.05) is 31.2 Å². The molecular weight excluding hydrogens is 326 g/mol. The SMILES string of the molecule is CCc1ccc(-c2noc(CCC(=O)Nc3nnc(C)s3)n2)cc1. The Morgan fingerprint density at radius 3 is 2.71 bits per heavy atom. The molecule has 7 nitrogen and oxygen atoms in total. The normalized spacial score (nSPS) is 10.8. The molecular formula is C16H17N5O2S. The summed E-state index contributed by atoms with van der Waals surface area (Å²) in [5, 5.41) is 15.7. The molecule has 0 radical (unpaired) electrons. The van der Waals surface area contributed by atoms with Crippen LogP contribution in [0.3, 0.4) is 0 Å². The van der Waals surface area contributed by atoms with E-state index in [2.05, 4.69) is 32.6 Å². The topological polar surface area (TPSA) is 93.8 Å². The van der Waals surface area contributed by atoms with Crippen molar-refractivity contribution in [2.24, 2.45) is 0 Å². The molecule has 0 bridgehead atoms. The zero-order chi connectivity index (χ0) is 16.9. The van der Waals surface area contributed by atoms with Crippen LogP contribution < -0.4 is 5.32 Å². The summed E-state index contributed by atoms with van der Waals surface area (Å²) >= 11 is 1.34. The van der Waals surface area contributed by atoms with Gasteiger partial charge >= 0.3 is 0 Å². The standard InChI is InChI=1S/C16H17N5O2S/c1-3-11-4-6-12(7-5-11)15-18-14(23-21-15)9-8-13(22)17-16-20-19-10(2)24-16/h4-7H,3,8-9H2,1-2H3,(H,17,20,22). The molecule has 8 heteroatoms. The fourth-order valence-electron chi connectivity index (χ4n) is 2.11. The van der Waals surface area contributed by atoms with Gasteiger partial charge < -0.3 is 9.84 Å². The second-order valence-electron chi connectivity index (χ2n) is 5.24. The molecule has 0 aliphatic rings. The molecule has 3 aromatic rings. The summed E-state index contributed by atoms with van der Waals surface area (Å²) in [7, 11) is 0. The van der Waals surface area contributed by atoms with E-state index in [4.69, 9.17) is 4.52 Å². The first kappa shape index (κ1) is 16.3. The van der Waals surface area contributed by atoms with Gasteiger partial charge in [0.2, 0.25) is 22.8 Å². The van der Waals surface area contributed by atoms with Crippen LogP contribution in [0.4, 0.5) is 5.13 Å². The Balaban J connectivity index is 1.56. The number of carbonyl (C=O) groups is 1. The summed E-state index contributed by atoms with van der Waals surface area (Å²) < 4.78 is 5.21. The quantitative estimate of drug-likeness (QED) is 0.739. The van der Waals surface area contributed by atoms with Crippen molar-refractivity contribution < 1.29 is 9.32 Å². The molecule has 1 amide bonds. The van der Waals surface area contributed by atoms with Crippen LogP contribution in [0, 0.1) is 6.92 Å². The van der Waals surface area contributed by atoms with Crippen molar-refractivity contribution in [1.29, 1.82) is 0 Å². The van der Waals surface area contributed by atoms with Gasteiger partial charge in [-0.05, 0) is 18.9 Å². The van der Waals surface area contributed by atoms with E-state index < -0.39 is 0 Å². The second-order valence-corrected chi connectivity index (χ2v) is 6.42. The summed E-state index contributed by atoms with van der Waals surface area (Å²) in [6.45, 7) is 3.94. The third kappa shape index (κ3) is 4.02. The van der Waals surface area contributed by atoms with Crippen LogP contribution in [0.5, 0.6) is 0 Å². The van der Waals surface area contributed by atoms with E-state index in [1.165, 1.54) is 16.9 Å². The van der Waals surface area contributed by atoms with Gasteiger partial charge in [-0.2, -0.15) is 4.98 Å². The molecule has 2 aromatic heterocycles. The Bertz CT molecular complexity index is 825. The van der Waals surface area contributed by atoms with Gasteiger partial charge in [-0.3, -0.25) is 4.79 Å². The van der Waals surface area contributed by atoms with Crippen molar-refractivity contribution in [3.05, 3.63) is 40.7 Å². The van der Waals surface area contributed by atoms with Crippen LogP contribution >= 0.6 is 11.3 Å². The minimum absolute atomic E-state index is 0.154. The number of aromatic nitrogens is 4. The number of carbonyl (C=O) groups excluding carboxylic acids is 1. The predicted molar refractivity (Wildman–Crippen MR) is 90.7 cm³/mol. The fraction of sp³-hybridized carbons (Fsp3) is 0.312. The second kappa shape index (κ2) is 7.31. The molecule has 0 aliphatic carbocycles. The van der Waals surface area contributed by atoms with E-state index in [-0.39, 0.29) is 12.3 Å². The minimum Gasteiger partial charge on any atom is -0.339 e. The van der Waals surface area contributed by atoms with Crippen LogP contribution in [0.2, 0.25) is 0 Å². The Morgan fingerprint density at radius 2 is 2.04 bits per heavy atom. The predicted octanol–water partition coefficient (Wildman–Crippen LogP) is 3.03. The average Bonchev–Trinajstić information content (AvgIpc) is 3.22. The third-order valence-corrected chi connectivity index (χ3v) is 4.18.